The van der Waals surface area contributed by atoms with Crippen LogP contribution in [0.25, 0.3) is 0 Å². The van der Waals surface area contributed by atoms with Gasteiger partial charge in [0.05, 0.1) is 0 Å². The monoisotopic (exact) mass is 227 g/mol. The topological polar surface area (TPSA) is 80.4 Å². The number of rotatable bonds is 9. The maximum Gasteiger partial charge on any atom is 0.317 e. The second kappa shape index (κ2) is 7.17. The lowest BCUT2D eigenvalue weighted by Crippen LogP contribution is -2.35. The number of carboxylic acid groups (broad SMARTS) is 1. The van der Waals surface area contributed by atoms with Crippen molar-refractivity contribution in [2.45, 2.75) is 39.0 Å². The van der Waals surface area contributed by atoms with Crippen molar-refractivity contribution in [2.75, 3.05) is 6.54 Å². The molecule has 0 fully saturated rings. The summed E-state index contributed by atoms with van der Waals surface area (Å²) in [6, 6.07) is 0. The Hall–Kier alpha value is -1.16. The standard InChI is InChI=1S/C12H21NO3/c1-3-10(14)12(2,11(15)16)8-6-4-5-7-9-13/h3H,1,4-9,13H2,2H3,(H,15,16). The van der Waals surface area contributed by atoms with Gasteiger partial charge in [0.15, 0.2) is 5.78 Å². The predicted octanol–water partition coefficient (Wildman–Crippen LogP) is 1.74. The van der Waals surface area contributed by atoms with Crippen LogP contribution in [0.2, 0.25) is 0 Å². The average molecular weight is 227 g/mol. The molecule has 0 aliphatic heterocycles. The molecule has 0 aliphatic carbocycles. The third-order valence-corrected chi connectivity index (χ3v) is 2.83. The number of carbonyl (C=O) groups excluding carboxylic acids is 1. The zero-order valence-corrected chi connectivity index (χ0v) is 9.87. The quantitative estimate of drug-likeness (QED) is 0.357. The fourth-order valence-corrected chi connectivity index (χ4v) is 1.54. The van der Waals surface area contributed by atoms with Crippen LogP contribution in [0.1, 0.15) is 39.0 Å². The van der Waals surface area contributed by atoms with Gasteiger partial charge in [-0.3, -0.25) is 9.59 Å². The number of unbranched alkanes of at least 4 members (excludes halogenated alkanes) is 3. The summed E-state index contributed by atoms with van der Waals surface area (Å²) in [5.41, 5.74) is 4.04. The van der Waals surface area contributed by atoms with Crippen LogP contribution in [0.4, 0.5) is 0 Å². The van der Waals surface area contributed by atoms with Crippen molar-refractivity contribution >= 4 is 11.8 Å². The molecular weight excluding hydrogens is 206 g/mol. The van der Waals surface area contributed by atoms with Crippen LogP contribution in [-0.4, -0.2) is 23.4 Å². The van der Waals surface area contributed by atoms with Gasteiger partial charge in [0.2, 0.25) is 0 Å². The van der Waals surface area contributed by atoms with E-state index in [0.717, 1.165) is 31.8 Å². The van der Waals surface area contributed by atoms with Gasteiger partial charge in [-0.15, -0.1) is 0 Å². The Morgan fingerprint density at radius 3 is 2.31 bits per heavy atom. The molecule has 0 saturated heterocycles. The molecule has 1 atom stereocenters. The second-order valence-corrected chi connectivity index (χ2v) is 4.16. The van der Waals surface area contributed by atoms with Crippen LogP contribution in [0.5, 0.6) is 0 Å². The maximum atomic E-state index is 11.5. The number of aliphatic carboxylic acids is 1. The van der Waals surface area contributed by atoms with Gasteiger partial charge in [-0.2, -0.15) is 0 Å². The molecule has 0 saturated carbocycles. The van der Waals surface area contributed by atoms with E-state index in [4.69, 9.17) is 10.8 Å². The van der Waals surface area contributed by atoms with Crippen LogP contribution >= 0.6 is 0 Å². The lowest BCUT2D eigenvalue weighted by atomic mass is 9.80. The van der Waals surface area contributed by atoms with E-state index in [0.29, 0.717) is 13.0 Å². The first-order valence-electron chi connectivity index (χ1n) is 5.59. The van der Waals surface area contributed by atoms with Gasteiger partial charge in [0, 0.05) is 0 Å². The summed E-state index contributed by atoms with van der Waals surface area (Å²) in [6.07, 6.45) is 5.01. The maximum absolute atomic E-state index is 11.5. The molecule has 0 aliphatic rings. The molecule has 0 aromatic heterocycles. The summed E-state index contributed by atoms with van der Waals surface area (Å²) in [4.78, 5) is 22.5. The molecule has 0 aromatic rings. The first kappa shape index (κ1) is 14.8. The van der Waals surface area contributed by atoms with E-state index >= 15 is 0 Å². The molecule has 3 N–H and O–H groups in total. The molecule has 0 spiro atoms. The molecule has 0 aromatic carbocycles. The first-order valence-corrected chi connectivity index (χ1v) is 5.59. The molecule has 0 bridgehead atoms. The van der Waals surface area contributed by atoms with Gasteiger partial charge in [-0.05, 0) is 32.4 Å². The zero-order valence-electron chi connectivity index (χ0n) is 9.87. The highest BCUT2D eigenvalue weighted by molar-refractivity contribution is 6.07. The molecular formula is C12H21NO3. The summed E-state index contributed by atoms with van der Waals surface area (Å²) in [5, 5.41) is 9.05. The van der Waals surface area contributed by atoms with Crippen molar-refractivity contribution in [1.29, 1.82) is 0 Å². The third-order valence-electron chi connectivity index (χ3n) is 2.83. The van der Waals surface area contributed by atoms with Gasteiger partial charge < -0.3 is 10.8 Å². The summed E-state index contributed by atoms with van der Waals surface area (Å²) in [5.74, 6) is -1.49. The summed E-state index contributed by atoms with van der Waals surface area (Å²) in [7, 11) is 0. The minimum Gasteiger partial charge on any atom is -0.480 e. The van der Waals surface area contributed by atoms with Crippen LogP contribution < -0.4 is 5.73 Å². The Morgan fingerprint density at radius 1 is 1.31 bits per heavy atom. The SMILES string of the molecule is C=CC(=O)C(C)(CCCCCCN)C(=O)O. The van der Waals surface area contributed by atoms with Crippen LogP contribution in [-0.2, 0) is 9.59 Å². The Labute approximate surface area is 96.5 Å². The molecule has 4 heteroatoms. The first-order chi connectivity index (χ1) is 7.49. The number of hydrogen-bond donors (Lipinski definition) is 2. The molecule has 0 amide bonds. The molecule has 1 unspecified atom stereocenters. The van der Waals surface area contributed by atoms with Crippen molar-refractivity contribution in [3.05, 3.63) is 12.7 Å². The molecule has 0 rings (SSSR count). The molecule has 92 valence electrons. The Morgan fingerprint density at radius 2 is 1.88 bits per heavy atom. The lowest BCUT2D eigenvalue weighted by Gasteiger charge is -2.21. The Kier molecular flexibility index (Phi) is 6.65. The summed E-state index contributed by atoms with van der Waals surface area (Å²) >= 11 is 0. The van der Waals surface area contributed by atoms with Crippen molar-refractivity contribution in [1.82, 2.24) is 0 Å². The molecule has 0 heterocycles. The van der Waals surface area contributed by atoms with Crippen molar-refractivity contribution in [3.8, 4) is 0 Å². The van der Waals surface area contributed by atoms with Crippen molar-refractivity contribution in [2.24, 2.45) is 11.1 Å². The largest absolute Gasteiger partial charge is 0.480 e. The smallest absolute Gasteiger partial charge is 0.317 e. The third kappa shape index (κ3) is 4.14. The minimum atomic E-state index is -1.32. The Bertz CT molecular complexity index is 263. The highest BCUT2D eigenvalue weighted by Crippen LogP contribution is 2.26. The fourth-order valence-electron chi connectivity index (χ4n) is 1.54. The summed E-state index contributed by atoms with van der Waals surface area (Å²) < 4.78 is 0. The highest BCUT2D eigenvalue weighted by Gasteiger charge is 2.38. The Balaban J connectivity index is 4.19. The second-order valence-electron chi connectivity index (χ2n) is 4.16. The van der Waals surface area contributed by atoms with Crippen LogP contribution in [0.3, 0.4) is 0 Å². The van der Waals surface area contributed by atoms with E-state index in [2.05, 4.69) is 6.58 Å². The van der Waals surface area contributed by atoms with Gasteiger partial charge in [-0.25, -0.2) is 0 Å². The van der Waals surface area contributed by atoms with Gasteiger partial charge in [-0.1, -0.05) is 25.8 Å². The number of ketones is 1. The van der Waals surface area contributed by atoms with Gasteiger partial charge in [0.1, 0.15) is 5.41 Å². The lowest BCUT2D eigenvalue weighted by molar-refractivity contribution is -0.152. The van der Waals surface area contributed by atoms with E-state index < -0.39 is 17.2 Å². The number of carboxylic acids is 1. The average Bonchev–Trinajstić information content (AvgIpc) is 2.27. The predicted molar refractivity (Wildman–Crippen MR) is 63.1 cm³/mol. The molecule has 4 nitrogen and oxygen atoms in total. The van der Waals surface area contributed by atoms with E-state index in [9.17, 15) is 9.59 Å². The van der Waals surface area contributed by atoms with E-state index in [1.807, 2.05) is 0 Å². The molecule has 16 heavy (non-hydrogen) atoms. The van der Waals surface area contributed by atoms with E-state index in [-0.39, 0.29) is 0 Å². The van der Waals surface area contributed by atoms with E-state index in [1.165, 1.54) is 6.92 Å². The number of carbonyl (C=O) groups is 2. The normalized spacial score (nSPS) is 14.1. The van der Waals surface area contributed by atoms with E-state index in [1.54, 1.807) is 0 Å². The summed E-state index contributed by atoms with van der Waals surface area (Å²) in [6.45, 7) is 5.45. The zero-order chi connectivity index (χ0) is 12.6. The van der Waals surface area contributed by atoms with Crippen molar-refractivity contribution < 1.29 is 14.7 Å². The molecule has 0 radical (unpaired) electrons. The van der Waals surface area contributed by atoms with Crippen LogP contribution in [0.15, 0.2) is 12.7 Å². The van der Waals surface area contributed by atoms with Gasteiger partial charge in [0.25, 0.3) is 0 Å². The van der Waals surface area contributed by atoms with Crippen molar-refractivity contribution in [3.63, 3.8) is 0 Å². The van der Waals surface area contributed by atoms with Crippen LogP contribution in [0, 0.1) is 5.41 Å². The number of nitrogens with two attached hydrogens (primary N) is 1. The van der Waals surface area contributed by atoms with Gasteiger partial charge >= 0.3 is 5.97 Å². The fraction of sp³-hybridized carbons (Fsp3) is 0.667. The number of hydrogen-bond acceptors (Lipinski definition) is 3. The number of allylic oxidation sites excluding steroid dienone is 1. The minimum absolute atomic E-state index is 0.359. The highest BCUT2D eigenvalue weighted by atomic mass is 16.4.